The summed E-state index contributed by atoms with van der Waals surface area (Å²) in [6.45, 7) is 0. The van der Waals surface area contributed by atoms with Crippen molar-refractivity contribution in [2.24, 2.45) is 0 Å². The van der Waals surface area contributed by atoms with E-state index in [0.29, 0.717) is 16.6 Å². The van der Waals surface area contributed by atoms with Crippen LogP contribution in [0.25, 0.3) is 5.69 Å². The number of aromatic nitrogens is 2. The third kappa shape index (κ3) is 5.65. The van der Waals surface area contributed by atoms with Crippen molar-refractivity contribution in [3.05, 3.63) is 62.2 Å². The summed E-state index contributed by atoms with van der Waals surface area (Å²) in [5.41, 5.74) is -8.66. The number of anilines is 1. The molecule has 1 N–H and O–H groups in total. The minimum Gasteiger partial charge on any atom is -0.262 e. The topological polar surface area (TPSA) is 105 Å². The number of alkyl halides is 6. The number of hydrogen-bond acceptors (Lipinski definition) is 5. The molecule has 0 bridgehead atoms. The number of rotatable bonds is 5. The Labute approximate surface area is 219 Å². The highest BCUT2D eigenvalue weighted by atomic mass is 79.9. The van der Waals surface area contributed by atoms with Crippen molar-refractivity contribution in [1.29, 1.82) is 5.26 Å². The van der Waals surface area contributed by atoms with E-state index in [1.54, 1.807) is 4.72 Å². The molecule has 0 radical (unpaired) electrons. The minimum absolute atomic E-state index is 0.277. The van der Waals surface area contributed by atoms with Crippen LogP contribution in [0.3, 0.4) is 0 Å². The van der Waals surface area contributed by atoms with Gasteiger partial charge in [0.05, 0.1) is 20.5 Å². The average Bonchev–Trinajstić information content (AvgIpc) is 3.08. The molecule has 0 aliphatic rings. The van der Waals surface area contributed by atoms with E-state index in [1.165, 1.54) is 18.2 Å². The lowest BCUT2D eigenvalue weighted by Gasteiger charge is -2.16. The first-order valence-corrected chi connectivity index (χ1v) is 13.0. The molecule has 192 valence electrons. The zero-order chi connectivity index (χ0) is 27.2. The second kappa shape index (κ2) is 9.86. The molecule has 0 fully saturated rings. The maximum Gasteiger partial charge on any atom is 0.476 e. The molecular weight excluding hydrogens is 649 g/mol. The van der Waals surface area contributed by atoms with Crippen LogP contribution in [0.2, 0.25) is 10.0 Å². The fourth-order valence-corrected chi connectivity index (χ4v) is 5.59. The molecule has 3 rings (SSSR count). The van der Waals surface area contributed by atoms with Crippen molar-refractivity contribution in [3.8, 4) is 11.8 Å². The third-order valence-corrected chi connectivity index (χ3v) is 7.89. The second-order valence-corrected chi connectivity index (χ2v) is 11.4. The van der Waals surface area contributed by atoms with E-state index in [1.807, 2.05) is 0 Å². The molecule has 0 aliphatic heterocycles. The van der Waals surface area contributed by atoms with E-state index in [0.717, 1.165) is 12.1 Å². The van der Waals surface area contributed by atoms with Gasteiger partial charge in [0.15, 0.2) is 22.3 Å². The monoisotopic (exact) mass is 654 g/mol. The third-order valence-electron chi connectivity index (χ3n) is 4.25. The van der Waals surface area contributed by atoms with Crippen LogP contribution in [0.4, 0.5) is 32.2 Å². The van der Waals surface area contributed by atoms with Gasteiger partial charge in [-0.15, -0.1) is 0 Å². The molecule has 0 saturated carbocycles. The first-order chi connectivity index (χ1) is 16.5. The smallest absolute Gasteiger partial charge is 0.262 e. The van der Waals surface area contributed by atoms with Crippen LogP contribution < -0.4 is 4.72 Å². The summed E-state index contributed by atoms with van der Waals surface area (Å²) in [6, 6.07) is 6.71. The number of nitriles is 1. The lowest BCUT2D eigenvalue weighted by atomic mass is 10.2. The maximum absolute atomic E-state index is 13.4. The van der Waals surface area contributed by atoms with Gasteiger partial charge in [0.1, 0.15) is 16.7 Å². The lowest BCUT2D eigenvalue weighted by molar-refractivity contribution is -0.137. The normalized spacial score (nSPS) is 13.3. The van der Waals surface area contributed by atoms with Gasteiger partial charge in [-0.1, -0.05) is 39.1 Å². The Balaban J connectivity index is 2.35. The van der Waals surface area contributed by atoms with Gasteiger partial charge in [-0.2, -0.15) is 36.7 Å². The van der Waals surface area contributed by atoms with Gasteiger partial charge < -0.3 is 0 Å². The largest absolute Gasteiger partial charge is 0.476 e. The standard InChI is InChI=1S/C18H7BrCl2F6N4O3S2/c19-9-1-3-10(4-2-9)36(33,34)30-16-15(35(32)18(25,26)27)13(7-28)29-31(16)14-11(20)5-8(6-12(14)21)17(22,23)24/h1-6,30H. The maximum atomic E-state index is 13.4. The van der Waals surface area contributed by atoms with Gasteiger partial charge in [0, 0.05) is 4.47 Å². The number of sulfonamides is 1. The predicted octanol–water partition coefficient (Wildman–Crippen LogP) is 6.26. The minimum atomic E-state index is -5.48. The molecular formula is C18H7BrCl2F6N4O3S2. The molecule has 0 spiro atoms. The number of benzene rings is 2. The highest BCUT2D eigenvalue weighted by Crippen LogP contribution is 2.41. The molecule has 0 saturated heterocycles. The summed E-state index contributed by atoms with van der Waals surface area (Å²) < 4.78 is 120. The van der Waals surface area contributed by atoms with Crippen LogP contribution >= 0.6 is 39.1 Å². The molecule has 3 aromatic rings. The fraction of sp³-hybridized carbons (Fsp3) is 0.111. The van der Waals surface area contributed by atoms with Gasteiger partial charge in [-0.3, -0.25) is 4.72 Å². The molecule has 0 aliphatic carbocycles. The van der Waals surface area contributed by atoms with Crippen LogP contribution in [0.1, 0.15) is 11.3 Å². The Kier molecular flexibility index (Phi) is 7.74. The summed E-state index contributed by atoms with van der Waals surface area (Å²) in [4.78, 5) is -1.87. The summed E-state index contributed by atoms with van der Waals surface area (Å²) >= 11 is 14.9. The van der Waals surface area contributed by atoms with Gasteiger partial charge in [-0.25, -0.2) is 17.3 Å². The zero-order valence-corrected chi connectivity index (χ0v) is 21.5. The van der Waals surface area contributed by atoms with E-state index >= 15 is 0 Å². The molecule has 18 heteroatoms. The molecule has 1 atom stereocenters. The van der Waals surface area contributed by atoms with Crippen molar-refractivity contribution in [2.75, 3.05) is 4.72 Å². The quantitative estimate of drug-likeness (QED) is 0.327. The molecule has 1 unspecified atom stereocenters. The molecule has 7 nitrogen and oxygen atoms in total. The highest BCUT2D eigenvalue weighted by Gasteiger charge is 2.44. The van der Waals surface area contributed by atoms with Gasteiger partial charge in [0.2, 0.25) is 0 Å². The SMILES string of the molecule is N#Cc1nn(-c2c(Cl)cc(C(F)(F)F)cc2Cl)c(NS(=O)(=O)c2ccc(Br)cc2)c1S(=O)C(F)(F)F. The van der Waals surface area contributed by atoms with Crippen molar-refractivity contribution < 1.29 is 39.0 Å². The van der Waals surface area contributed by atoms with E-state index in [4.69, 9.17) is 23.2 Å². The number of nitrogens with one attached hydrogen (secondary N) is 1. The van der Waals surface area contributed by atoms with Crippen LogP contribution in [0.5, 0.6) is 0 Å². The molecule has 0 amide bonds. The van der Waals surface area contributed by atoms with Crippen LogP contribution in [0.15, 0.2) is 50.7 Å². The zero-order valence-electron chi connectivity index (χ0n) is 16.7. The van der Waals surface area contributed by atoms with Gasteiger partial charge in [-0.05, 0) is 36.4 Å². The molecule has 1 heterocycles. The van der Waals surface area contributed by atoms with E-state index < -0.39 is 75.1 Å². The molecule has 2 aromatic carbocycles. The first kappa shape index (κ1) is 28.3. The summed E-state index contributed by atoms with van der Waals surface area (Å²) in [5.74, 6) is -1.17. The Morgan fingerprint density at radius 1 is 1.06 bits per heavy atom. The number of halogens is 9. The summed E-state index contributed by atoms with van der Waals surface area (Å²) in [7, 11) is -8.73. The van der Waals surface area contributed by atoms with Crippen LogP contribution in [-0.4, -0.2) is 27.9 Å². The molecule has 36 heavy (non-hydrogen) atoms. The van der Waals surface area contributed by atoms with E-state index in [2.05, 4.69) is 21.0 Å². The second-order valence-electron chi connectivity index (χ2n) is 6.61. The van der Waals surface area contributed by atoms with Crippen LogP contribution in [-0.2, 0) is 27.0 Å². The Hall–Kier alpha value is -2.32. The van der Waals surface area contributed by atoms with Crippen molar-refractivity contribution in [1.82, 2.24) is 9.78 Å². The lowest BCUT2D eigenvalue weighted by Crippen LogP contribution is -2.21. The Morgan fingerprint density at radius 2 is 1.58 bits per heavy atom. The fourth-order valence-electron chi connectivity index (χ4n) is 2.75. The van der Waals surface area contributed by atoms with Gasteiger partial charge in [0.25, 0.3) is 10.0 Å². The van der Waals surface area contributed by atoms with E-state index in [9.17, 15) is 44.2 Å². The van der Waals surface area contributed by atoms with Crippen molar-refractivity contribution in [3.63, 3.8) is 0 Å². The van der Waals surface area contributed by atoms with Crippen LogP contribution in [0, 0.1) is 11.3 Å². The molecule has 1 aromatic heterocycles. The first-order valence-electron chi connectivity index (χ1n) is 8.84. The van der Waals surface area contributed by atoms with Crippen molar-refractivity contribution >= 4 is 65.8 Å². The Bertz CT molecular complexity index is 1490. The Morgan fingerprint density at radius 3 is 2.03 bits per heavy atom. The van der Waals surface area contributed by atoms with Crippen molar-refractivity contribution in [2.45, 2.75) is 21.5 Å². The summed E-state index contributed by atoms with van der Waals surface area (Å²) in [6.07, 6.45) is -4.91. The summed E-state index contributed by atoms with van der Waals surface area (Å²) in [5, 5.41) is 11.2. The predicted molar refractivity (Wildman–Crippen MR) is 121 cm³/mol. The average molecular weight is 656 g/mol. The highest BCUT2D eigenvalue weighted by molar-refractivity contribution is 9.10. The van der Waals surface area contributed by atoms with Gasteiger partial charge >= 0.3 is 11.7 Å². The van der Waals surface area contributed by atoms with E-state index in [-0.39, 0.29) is 4.68 Å². The number of nitrogens with zero attached hydrogens (tertiary/aromatic N) is 3. The number of hydrogen-bond donors (Lipinski definition) is 1.